The third-order valence-corrected chi connectivity index (χ3v) is 3.05. The minimum absolute atomic E-state index is 0.0781. The Hall–Kier alpha value is -2.44. The topological polar surface area (TPSA) is 102 Å². The van der Waals surface area contributed by atoms with E-state index >= 15 is 0 Å². The van der Waals surface area contributed by atoms with Gasteiger partial charge in [-0.25, -0.2) is 0 Å². The second kappa shape index (κ2) is 6.14. The molecule has 0 radical (unpaired) electrons. The van der Waals surface area contributed by atoms with Crippen molar-refractivity contribution in [3.05, 3.63) is 29.1 Å². The van der Waals surface area contributed by atoms with Crippen LogP contribution in [-0.4, -0.2) is 36.7 Å². The van der Waals surface area contributed by atoms with Gasteiger partial charge in [-0.3, -0.25) is 20.1 Å². The largest absolute Gasteiger partial charge is 0.399 e. The highest BCUT2D eigenvalue weighted by molar-refractivity contribution is 6.06. The summed E-state index contributed by atoms with van der Waals surface area (Å²) in [5, 5.41) is 6.46. The van der Waals surface area contributed by atoms with Gasteiger partial charge in [-0.2, -0.15) is 0 Å². The Kier molecular flexibility index (Phi) is 4.29. The van der Waals surface area contributed by atoms with Crippen LogP contribution in [0.2, 0.25) is 0 Å². The number of hydrogen-bond donors (Lipinski definition) is 2. The van der Waals surface area contributed by atoms with Crippen molar-refractivity contribution in [2.75, 3.05) is 14.2 Å². The third kappa shape index (κ3) is 2.93. The summed E-state index contributed by atoms with van der Waals surface area (Å²) in [5.74, 6) is -0.242. The number of amides is 1. The Balaban J connectivity index is 2.28. The van der Waals surface area contributed by atoms with Crippen molar-refractivity contribution in [3.8, 4) is 0 Å². The SMILES string of the molecule is CN=C(N)NC(=O)c1cnc2c(c1)CCCC2=NOC. The summed E-state index contributed by atoms with van der Waals surface area (Å²) in [7, 11) is 3.02. The molecule has 106 valence electrons. The number of rotatable bonds is 2. The van der Waals surface area contributed by atoms with E-state index in [1.807, 2.05) is 6.07 Å². The number of aromatic nitrogens is 1. The van der Waals surface area contributed by atoms with Crippen LogP contribution in [0.3, 0.4) is 0 Å². The van der Waals surface area contributed by atoms with E-state index in [1.165, 1.54) is 20.4 Å². The summed E-state index contributed by atoms with van der Waals surface area (Å²) in [6, 6.07) is 1.81. The van der Waals surface area contributed by atoms with Crippen LogP contribution in [0.4, 0.5) is 0 Å². The minimum atomic E-state index is -0.320. The average molecular weight is 275 g/mol. The fourth-order valence-corrected chi connectivity index (χ4v) is 2.09. The number of nitrogens with zero attached hydrogens (tertiary/aromatic N) is 3. The number of hydrogen-bond acceptors (Lipinski definition) is 5. The molecule has 1 aromatic heterocycles. The van der Waals surface area contributed by atoms with E-state index in [-0.39, 0.29) is 11.9 Å². The van der Waals surface area contributed by atoms with Gasteiger partial charge in [0.15, 0.2) is 5.96 Å². The molecule has 1 amide bonds. The van der Waals surface area contributed by atoms with Crippen LogP contribution in [0.1, 0.15) is 34.5 Å². The first kappa shape index (κ1) is 14.0. The van der Waals surface area contributed by atoms with Gasteiger partial charge < -0.3 is 10.6 Å². The molecule has 20 heavy (non-hydrogen) atoms. The first-order valence-corrected chi connectivity index (χ1v) is 6.28. The highest BCUT2D eigenvalue weighted by Crippen LogP contribution is 2.21. The van der Waals surface area contributed by atoms with Crippen LogP contribution in [0.5, 0.6) is 0 Å². The first-order valence-electron chi connectivity index (χ1n) is 6.28. The van der Waals surface area contributed by atoms with Crippen LogP contribution in [0, 0.1) is 0 Å². The second-order valence-electron chi connectivity index (χ2n) is 4.37. The first-order chi connectivity index (χ1) is 9.65. The molecular formula is C13H17N5O2. The molecule has 7 nitrogen and oxygen atoms in total. The highest BCUT2D eigenvalue weighted by Gasteiger charge is 2.19. The van der Waals surface area contributed by atoms with Crippen molar-refractivity contribution in [2.45, 2.75) is 19.3 Å². The molecule has 2 rings (SSSR count). The van der Waals surface area contributed by atoms with Crippen LogP contribution in [0.15, 0.2) is 22.4 Å². The number of aryl methyl sites for hydroxylation is 1. The second-order valence-corrected chi connectivity index (χ2v) is 4.37. The lowest BCUT2D eigenvalue weighted by Crippen LogP contribution is -2.36. The van der Waals surface area contributed by atoms with Gasteiger partial charge in [-0.15, -0.1) is 0 Å². The number of nitrogens with one attached hydrogen (secondary N) is 1. The smallest absolute Gasteiger partial charge is 0.259 e. The fourth-order valence-electron chi connectivity index (χ4n) is 2.09. The molecule has 0 atom stereocenters. The maximum absolute atomic E-state index is 11.9. The Labute approximate surface area is 116 Å². The van der Waals surface area contributed by atoms with Crippen molar-refractivity contribution < 1.29 is 9.63 Å². The lowest BCUT2D eigenvalue weighted by Gasteiger charge is -2.16. The van der Waals surface area contributed by atoms with Gasteiger partial charge in [-0.1, -0.05) is 5.16 Å². The summed E-state index contributed by atoms with van der Waals surface area (Å²) in [6.07, 6.45) is 4.16. The molecule has 1 aliphatic carbocycles. The van der Waals surface area contributed by atoms with E-state index in [1.54, 1.807) is 0 Å². The maximum atomic E-state index is 11.9. The molecule has 0 aliphatic heterocycles. The summed E-state index contributed by atoms with van der Waals surface area (Å²) in [5.41, 5.74) is 8.53. The predicted molar refractivity (Wildman–Crippen MR) is 75.7 cm³/mol. The number of pyridine rings is 1. The predicted octanol–water partition coefficient (Wildman–Crippen LogP) is 0.443. The summed E-state index contributed by atoms with van der Waals surface area (Å²) < 4.78 is 0. The summed E-state index contributed by atoms with van der Waals surface area (Å²) in [4.78, 5) is 24.8. The van der Waals surface area contributed by atoms with E-state index < -0.39 is 0 Å². The minimum Gasteiger partial charge on any atom is -0.399 e. The zero-order chi connectivity index (χ0) is 14.5. The molecule has 0 saturated carbocycles. The summed E-state index contributed by atoms with van der Waals surface area (Å²) in [6.45, 7) is 0. The standard InChI is InChI=1S/C13H17N5O2/c1-15-13(14)17-12(19)9-6-8-4-3-5-10(18-20-2)11(8)16-7-9/h6-7H,3-5H2,1-2H3,(H3,14,15,17,19). The van der Waals surface area contributed by atoms with E-state index in [2.05, 4.69) is 20.4 Å². The zero-order valence-electron chi connectivity index (χ0n) is 11.5. The number of oxime groups is 1. The Bertz CT molecular complexity index is 580. The van der Waals surface area contributed by atoms with Crippen molar-refractivity contribution in [1.29, 1.82) is 0 Å². The fraction of sp³-hybridized carbons (Fsp3) is 0.385. The molecule has 1 aliphatic rings. The van der Waals surface area contributed by atoms with Gasteiger partial charge in [0.2, 0.25) is 0 Å². The molecule has 3 N–H and O–H groups in total. The van der Waals surface area contributed by atoms with Crippen LogP contribution < -0.4 is 11.1 Å². The third-order valence-electron chi connectivity index (χ3n) is 3.05. The number of aliphatic imine (C=N–C) groups is 1. The van der Waals surface area contributed by atoms with Gasteiger partial charge >= 0.3 is 0 Å². The number of carbonyl (C=O) groups is 1. The van der Waals surface area contributed by atoms with E-state index in [0.717, 1.165) is 36.2 Å². The van der Waals surface area contributed by atoms with Crippen LogP contribution >= 0.6 is 0 Å². The number of guanidine groups is 1. The molecule has 1 heterocycles. The molecular weight excluding hydrogens is 258 g/mol. The average Bonchev–Trinajstić information content (AvgIpc) is 2.47. The van der Waals surface area contributed by atoms with E-state index in [9.17, 15) is 4.79 Å². The normalized spacial score (nSPS) is 16.7. The Morgan fingerprint density at radius 3 is 3.00 bits per heavy atom. The molecule has 0 bridgehead atoms. The van der Waals surface area contributed by atoms with Gasteiger partial charge in [0, 0.05) is 13.2 Å². The molecule has 0 unspecified atom stereocenters. The van der Waals surface area contributed by atoms with Crippen molar-refractivity contribution in [1.82, 2.24) is 10.3 Å². The molecule has 0 aromatic carbocycles. The van der Waals surface area contributed by atoms with Crippen molar-refractivity contribution in [2.24, 2.45) is 15.9 Å². The van der Waals surface area contributed by atoms with Gasteiger partial charge in [0.05, 0.1) is 11.3 Å². The lowest BCUT2D eigenvalue weighted by atomic mass is 9.93. The summed E-state index contributed by atoms with van der Waals surface area (Å²) >= 11 is 0. The molecule has 0 spiro atoms. The molecule has 1 aromatic rings. The molecule has 0 fully saturated rings. The molecule has 7 heteroatoms. The van der Waals surface area contributed by atoms with Gasteiger partial charge in [-0.05, 0) is 30.9 Å². The zero-order valence-corrected chi connectivity index (χ0v) is 11.5. The van der Waals surface area contributed by atoms with E-state index in [4.69, 9.17) is 10.6 Å². The Morgan fingerprint density at radius 2 is 2.30 bits per heavy atom. The number of fused-ring (bicyclic) bond motifs is 1. The van der Waals surface area contributed by atoms with Gasteiger partial charge in [0.1, 0.15) is 12.8 Å². The highest BCUT2D eigenvalue weighted by atomic mass is 16.6. The Morgan fingerprint density at radius 1 is 1.50 bits per heavy atom. The van der Waals surface area contributed by atoms with E-state index in [0.29, 0.717) is 5.56 Å². The lowest BCUT2D eigenvalue weighted by molar-refractivity contribution is 0.0976. The molecule has 0 saturated heterocycles. The van der Waals surface area contributed by atoms with Gasteiger partial charge in [0.25, 0.3) is 5.91 Å². The quantitative estimate of drug-likeness (QED) is 0.464. The van der Waals surface area contributed by atoms with Crippen molar-refractivity contribution in [3.63, 3.8) is 0 Å². The van der Waals surface area contributed by atoms with Crippen LogP contribution in [0.25, 0.3) is 0 Å². The monoisotopic (exact) mass is 275 g/mol. The number of nitrogens with two attached hydrogens (primary N) is 1. The van der Waals surface area contributed by atoms with Crippen LogP contribution in [-0.2, 0) is 11.3 Å². The van der Waals surface area contributed by atoms with Crippen molar-refractivity contribution >= 4 is 17.6 Å². The maximum Gasteiger partial charge on any atom is 0.259 e. The number of carbonyl (C=O) groups excluding carboxylic acids is 1.